The lowest BCUT2D eigenvalue weighted by Gasteiger charge is -1.91. The molecule has 0 unspecified atom stereocenters. The van der Waals surface area contributed by atoms with E-state index in [1.54, 1.807) is 0 Å². The van der Waals surface area contributed by atoms with Crippen molar-refractivity contribution in [2.24, 2.45) is 0 Å². The highest BCUT2D eigenvalue weighted by atomic mass is 35.5. The normalized spacial score (nSPS) is 11.1. The molecular weight excluding hydrogens is 156 g/mol. The Morgan fingerprint density at radius 3 is 2.18 bits per heavy atom. The van der Waals surface area contributed by atoms with Crippen LogP contribution in [0.5, 0.6) is 0 Å². The van der Waals surface area contributed by atoms with Gasteiger partial charge in [0.05, 0.1) is 0 Å². The molecule has 0 aromatic carbocycles. The maximum Gasteiger partial charge on any atom is 0.0226 e. The van der Waals surface area contributed by atoms with Crippen LogP contribution in [0.15, 0.2) is 12.2 Å². The van der Waals surface area contributed by atoms with E-state index in [9.17, 15) is 0 Å². The lowest BCUT2D eigenvalue weighted by atomic mass is 10.2. The highest BCUT2D eigenvalue weighted by Gasteiger charge is 1.82. The summed E-state index contributed by atoms with van der Waals surface area (Å²) in [5.74, 6) is 0.791. The number of unbranched alkanes of at least 4 members (excludes halogenated alkanes) is 4. The highest BCUT2D eigenvalue weighted by molar-refractivity contribution is 6.17. The third kappa shape index (κ3) is 10.0. The van der Waals surface area contributed by atoms with Crippen molar-refractivity contribution in [2.45, 2.75) is 45.4 Å². The van der Waals surface area contributed by atoms with Crippen LogP contribution in [0, 0.1) is 0 Å². The maximum absolute atomic E-state index is 5.53. The van der Waals surface area contributed by atoms with Crippen LogP contribution in [-0.4, -0.2) is 5.88 Å². The van der Waals surface area contributed by atoms with Crippen LogP contribution in [0.4, 0.5) is 0 Å². The fourth-order valence-electron chi connectivity index (χ4n) is 0.943. The van der Waals surface area contributed by atoms with Gasteiger partial charge in [-0.05, 0) is 25.7 Å². The van der Waals surface area contributed by atoms with Gasteiger partial charge in [0.2, 0.25) is 0 Å². The number of alkyl halides is 1. The van der Waals surface area contributed by atoms with Crippen LogP contribution >= 0.6 is 11.6 Å². The second-order valence-electron chi connectivity index (χ2n) is 2.80. The summed E-state index contributed by atoms with van der Waals surface area (Å²) in [6.07, 6.45) is 12.1. The summed E-state index contributed by atoms with van der Waals surface area (Å²) in [6.45, 7) is 2.23. The second-order valence-corrected chi connectivity index (χ2v) is 3.18. The molecule has 0 rings (SSSR count). The van der Waals surface area contributed by atoms with Gasteiger partial charge in [0.15, 0.2) is 0 Å². The Bertz CT molecular complexity index is 86.9. The fourth-order valence-corrected chi connectivity index (χ4v) is 1.10. The van der Waals surface area contributed by atoms with E-state index in [0.717, 1.165) is 18.7 Å². The van der Waals surface area contributed by atoms with Crippen LogP contribution < -0.4 is 0 Å². The zero-order chi connectivity index (χ0) is 8.36. The molecule has 0 radical (unpaired) electrons. The highest BCUT2D eigenvalue weighted by Crippen LogP contribution is 2.01. The molecule has 0 saturated carbocycles. The first-order valence-corrected chi connectivity index (χ1v) is 5.16. The smallest absolute Gasteiger partial charge is 0.0226 e. The van der Waals surface area contributed by atoms with E-state index in [2.05, 4.69) is 19.1 Å². The number of hydrogen-bond acceptors (Lipinski definition) is 0. The molecular formula is C10H19Cl. The summed E-state index contributed by atoms with van der Waals surface area (Å²) in [5, 5.41) is 0. The summed E-state index contributed by atoms with van der Waals surface area (Å²) >= 11 is 5.53. The summed E-state index contributed by atoms with van der Waals surface area (Å²) in [4.78, 5) is 0. The molecule has 0 N–H and O–H groups in total. The van der Waals surface area contributed by atoms with Crippen molar-refractivity contribution in [1.29, 1.82) is 0 Å². The number of rotatable bonds is 7. The SMILES string of the molecule is CCCCCC=CCCCCl. The van der Waals surface area contributed by atoms with Gasteiger partial charge in [-0.1, -0.05) is 31.9 Å². The van der Waals surface area contributed by atoms with Gasteiger partial charge < -0.3 is 0 Å². The summed E-state index contributed by atoms with van der Waals surface area (Å²) in [7, 11) is 0. The Balaban J connectivity index is 2.91. The summed E-state index contributed by atoms with van der Waals surface area (Å²) < 4.78 is 0. The zero-order valence-corrected chi connectivity index (χ0v) is 8.24. The molecule has 0 spiro atoms. The number of allylic oxidation sites excluding steroid dienone is 2. The summed E-state index contributed by atoms with van der Waals surface area (Å²) in [6, 6.07) is 0. The number of halogens is 1. The van der Waals surface area contributed by atoms with Crippen molar-refractivity contribution < 1.29 is 0 Å². The van der Waals surface area contributed by atoms with E-state index >= 15 is 0 Å². The van der Waals surface area contributed by atoms with Gasteiger partial charge in [-0.15, -0.1) is 11.6 Å². The topological polar surface area (TPSA) is 0 Å². The van der Waals surface area contributed by atoms with E-state index in [1.807, 2.05) is 0 Å². The van der Waals surface area contributed by atoms with Crippen molar-refractivity contribution in [1.82, 2.24) is 0 Å². The zero-order valence-electron chi connectivity index (χ0n) is 7.48. The molecule has 0 fully saturated rings. The molecule has 0 aliphatic carbocycles. The molecule has 11 heavy (non-hydrogen) atoms. The Kier molecular flexibility index (Phi) is 10.1. The average molecular weight is 175 g/mol. The molecule has 0 aromatic heterocycles. The molecule has 0 aliphatic heterocycles. The number of hydrogen-bond donors (Lipinski definition) is 0. The van der Waals surface area contributed by atoms with E-state index < -0.39 is 0 Å². The maximum atomic E-state index is 5.53. The minimum atomic E-state index is 0.791. The molecule has 0 atom stereocenters. The molecule has 66 valence electrons. The molecule has 0 aromatic rings. The van der Waals surface area contributed by atoms with Gasteiger partial charge in [0.25, 0.3) is 0 Å². The van der Waals surface area contributed by atoms with E-state index in [0.29, 0.717) is 0 Å². The van der Waals surface area contributed by atoms with Crippen molar-refractivity contribution in [3.05, 3.63) is 12.2 Å². The molecule has 1 heteroatoms. The standard InChI is InChI=1S/C10H19Cl/c1-2-3-4-5-6-7-8-9-10-11/h6-7H,2-5,8-10H2,1H3. The third-order valence-corrected chi connectivity index (χ3v) is 1.91. The van der Waals surface area contributed by atoms with Gasteiger partial charge in [0.1, 0.15) is 0 Å². The van der Waals surface area contributed by atoms with Crippen LogP contribution in [-0.2, 0) is 0 Å². The fraction of sp³-hybridized carbons (Fsp3) is 0.800. The third-order valence-electron chi connectivity index (χ3n) is 1.65. The van der Waals surface area contributed by atoms with Crippen LogP contribution in [0.25, 0.3) is 0 Å². The molecule has 0 saturated heterocycles. The molecule has 0 nitrogen and oxygen atoms in total. The minimum Gasteiger partial charge on any atom is -0.127 e. The lowest BCUT2D eigenvalue weighted by Crippen LogP contribution is -1.73. The van der Waals surface area contributed by atoms with Gasteiger partial charge in [-0.2, -0.15) is 0 Å². The van der Waals surface area contributed by atoms with Crippen molar-refractivity contribution in [3.63, 3.8) is 0 Å². The van der Waals surface area contributed by atoms with Crippen molar-refractivity contribution in [2.75, 3.05) is 5.88 Å². The van der Waals surface area contributed by atoms with Gasteiger partial charge >= 0.3 is 0 Å². The largest absolute Gasteiger partial charge is 0.127 e. The molecule has 0 aliphatic rings. The minimum absolute atomic E-state index is 0.791. The van der Waals surface area contributed by atoms with Gasteiger partial charge in [0, 0.05) is 5.88 Å². The van der Waals surface area contributed by atoms with Crippen LogP contribution in [0.3, 0.4) is 0 Å². The summed E-state index contributed by atoms with van der Waals surface area (Å²) in [5.41, 5.74) is 0. The van der Waals surface area contributed by atoms with Gasteiger partial charge in [-0.3, -0.25) is 0 Å². The predicted molar refractivity (Wildman–Crippen MR) is 53.2 cm³/mol. The average Bonchev–Trinajstić information content (AvgIpc) is 2.03. The lowest BCUT2D eigenvalue weighted by molar-refractivity contribution is 0.727. The van der Waals surface area contributed by atoms with Crippen LogP contribution in [0.2, 0.25) is 0 Å². The van der Waals surface area contributed by atoms with Crippen molar-refractivity contribution >= 4 is 11.6 Å². The predicted octanol–water partition coefficient (Wildman–Crippen LogP) is 4.14. The van der Waals surface area contributed by atoms with Crippen LogP contribution in [0.1, 0.15) is 45.4 Å². The van der Waals surface area contributed by atoms with Crippen molar-refractivity contribution in [3.8, 4) is 0 Å². The van der Waals surface area contributed by atoms with E-state index in [-0.39, 0.29) is 0 Å². The molecule has 0 bridgehead atoms. The Hall–Kier alpha value is 0.0300. The monoisotopic (exact) mass is 174 g/mol. The van der Waals surface area contributed by atoms with Gasteiger partial charge in [-0.25, -0.2) is 0 Å². The second kappa shape index (κ2) is 10.0. The molecule has 0 amide bonds. The van der Waals surface area contributed by atoms with E-state index in [1.165, 1.54) is 25.7 Å². The first-order chi connectivity index (χ1) is 5.41. The Morgan fingerprint density at radius 2 is 1.64 bits per heavy atom. The molecule has 0 heterocycles. The first kappa shape index (κ1) is 11.0. The Labute approximate surface area is 75.6 Å². The Morgan fingerprint density at radius 1 is 1.00 bits per heavy atom. The first-order valence-electron chi connectivity index (χ1n) is 4.62. The van der Waals surface area contributed by atoms with E-state index in [4.69, 9.17) is 11.6 Å². The quantitative estimate of drug-likeness (QED) is 0.309.